The van der Waals surface area contributed by atoms with Gasteiger partial charge in [-0.3, -0.25) is 19.9 Å². The van der Waals surface area contributed by atoms with E-state index >= 15 is 0 Å². The molecule has 4 amide bonds. The summed E-state index contributed by atoms with van der Waals surface area (Å²) in [5.41, 5.74) is 0.610. The second kappa shape index (κ2) is 8.55. The van der Waals surface area contributed by atoms with E-state index in [1.165, 1.54) is 37.7 Å². The molecule has 150 valence electrons. The number of ether oxygens (including phenoxy) is 2. The zero-order valence-corrected chi connectivity index (χ0v) is 16.3. The van der Waals surface area contributed by atoms with Gasteiger partial charge in [0.25, 0.3) is 11.8 Å². The van der Waals surface area contributed by atoms with Crippen LogP contribution in [0.5, 0.6) is 11.5 Å². The van der Waals surface area contributed by atoms with Crippen molar-refractivity contribution in [3.63, 3.8) is 0 Å². The second-order valence-electron chi connectivity index (χ2n) is 6.38. The topological polar surface area (TPSA) is 97.8 Å². The van der Waals surface area contributed by atoms with Crippen LogP contribution in [0.1, 0.15) is 25.8 Å². The number of anilines is 1. The molecule has 1 N–H and O–H groups in total. The highest BCUT2D eigenvalue weighted by Crippen LogP contribution is 2.34. The number of carbonyl (C=O) groups excluding carboxylic acids is 3. The maximum Gasteiger partial charge on any atom is 0.335 e. The summed E-state index contributed by atoms with van der Waals surface area (Å²) in [7, 11) is 1.51. The summed E-state index contributed by atoms with van der Waals surface area (Å²) in [6, 6.07) is 7.37. The first-order chi connectivity index (χ1) is 14.0. The number of aromatic nitrogens is 1. The minimum Gasteiger partial charge on any atom is -0.493 e. The van der Waals surface area contributed by atoms with Crippen LogP contribution in [0.2, 0.25) is 0 Å². The van der Waals surface area contributed by atoms with Gasteiger partial charge < -0.3 is 9.47 Å². The number of barbiturate groups is 1. The third-order valence-corrected chi connectivity index (χ3v) is 4.45. The number of carbonyl (C=O) groups is 3. The number of benzene rings is 1. The van der Waals surface area contributed by atoms with E-state index in [2.05, 4.69) is 10.3 Å². The highest BCUT2D eigenvalue weighted by atomic mass is 16.5. The number of imide groups is 2. The third-order valence-electron chi connectivity index (χ3n) is 4.45. The van der Waals surface area contributed by atoms with Crippen molar-refractivity contribution >= 4 is 29.6 Å². The standard InChI is InChI=1S/C21H21N3O5/c1-4-13(2)29-18-14(6-5-7-17(18)28-3)12-16-19(25)23-21(27)24(20(16)26)15-8-10-22-11-9-15/h5-13H,4H2,1-3H3,(H,23,25,27)/b16-12+/t13-/m0/s1. The first-order valence-electron chi connectivity index (χ1n) is 9.11. The molecule has 1 aromatic carbocycles. The van der Waals surface area contributed by atoms with Crippen LogP contribution in [-0.2, 0) is 9.59 Å². The van der Waals surface area contributed by atoms with Crippen molar-refractivity contribution in [2.24, 2.45) is 0 Å². The molecule has 8 nitrogen and oxygen atoms in total. The number of methoxy groups -OCH3 is 1. The van der Waals surface area contributed by atoms with Crippen LogP contribution < -0.4 is 19.7 Å². The monoisotopic (exact) mass is 395 g/mol. The lowest BCUT2D eigenvalue weighted by Gasteiger charge is -2.26. The summed E-state index contributed by atoms with van der Waals surface area (Å²) in [4.78, 5) is 42.4. The molecule has 0 aliphatic carbocycles. The summed E-state index contributed by atoms with van der Waals surface area (Å²) in [5.74, 6) is -0.611. The van der Waals surface area contributed by atoms with Gasteiger partial charge in [0.2, 0.25) is 0 Å². The molecule has 2 aromatic rings. The Morgan fingerprint density at radius 3 is 2.55 bits per heavy atom. The highest BCUT2D eigenvalue weighted by molar-refractivity contribution is 6.39. The predicted octanol–water partition coefficient (Wildman–Crippen LogP) is 2.93. The van der Waals surface area contributed by atoms with Gasteiger partial charge in [0.1, 0.15) is 5.57 Å². The number of hydrogen-bond acceptors (Lipinski definition) is 6. The van der Waals surface area contributed by atoms with E-state index in [4.69, 9.17) is 9.47 Å². The van der Waals surface area contributed by atoms with Crippen LogP contribution in [0.3, 0.4) is 0 Å². The molecule has 2 heterocycles. The molecule has 8 heteroatoms. The molecule has 0 spiro atoms. The van der Waals surface area contributed by atoms with E-state index in [0.717, 1.165) is 11.3 Å². The fourth-order valence-electron chi connectivity index (χ4n) is 2.76. The Balaban J connectivity index is 2.06. The SMILES string of the molecule is CC[C@H](C)Oc1c(/C=C2\C(=O)NC(=O)N(c3ccncc3)C2=O)cccc1OC. The molecule has 3 rings (SSSR count). The number of nitrogens with zero attached hydrogens (tertiary/aromatic N) is 2. The van der Waals surface area contributed by atoms with Crippen LogP contribution in [0.4, 0.5) is 10.5 Å². The predicted molar refractivity (Wildman–Crippen MR) is 107 cm³/mol. The van der Waals surface area contributed by atoms with E-state index in [-0.39, 0.29) is 11.7 Å². The number of hydrogen-bond donors (Lipinski definition) is 1. The summed E-state index contributed by atoms with van der Waals surface area (Å²) >= 11 is 0. The average molecular weight is 395 g/mol. The molecule has 29 heavy (non-hydrogen) atoms. The fourth-order valence-corrected chi connectivity index (χ4v) is 2.76. The van der Waals surface area contributed by atoms with Gasteiger partial charge in [0.15, 0.2) is 11.5 Å². The van der Waals surface area contributed by atoms with Crippen LogP contribution in [0.15, 0.2) is 48.3 Å². The van der Waals surface area contributed by atoms with Gasteiger partial charge in [-0.1, -0.05) is 19.1 Å². The van der Waals surface area contributed by atoms with Crippen molar-refractivity contribution in [3.05, 3.63) is 53.9 Å². The summed E-state index contributed by atoms with van der Waals surface area (Å²) in [5, 5.41) is 2.20. The zero-order valence-electron chi connectivity index (χ0n) is 16.3. The number of amides is 4. The maximum atomic E-state index is 13.0. The Hall–Kier alpha value is -3.68. The molecule has 1 atom stereocenters. The molecule has 1 fully saturated rings. The zero-order chi connectivity index (χ0) is 21.0. The van der Waals surface area contributed by atoms with E-state index in [1.807, 2.05) is 13.8 Å². The lowest BCUT2D eigenvalue weighted by Crippen LogP contribution is -2.54. The van der Waals surface area contributed by atoms with E-state index < -0.39 is 17.8 Å². The molecule has 1 aliphatic heterocycles. The van der Waals surface area contributed by atoms with Gasteiger partial charge in [0, 0.05) is 18.0 Å². The third kappa shape index (κ3) is 4.11. The van der Waals surface area contributed by atoms with Crippen molar-refractivity contribution in [3.8, 4) is 11.5 Å². The van der Waals surface area contributed by atoms with E-state index in [0.29, 0.717) is 22.7 Å². The first kappa shape index (κ1) is 20.1. The van der Waals surface area contributed by atoms with Gasteiger partial charge in [-0.15, -0.1) is 0 Å². The van der Waals surface area contributed by atoms with Gasteiger partial charge in [-0.05, 0) is 37.6 Å². The van der Waals surface area contributed by atoms with Crippen LogP contribution in [0, 0.1) is 0 Å². The van der Waals surface area contributed by atoms with Crippen molar-refractivity contribution < 1.29 is 23.9 Å². The molecule has 0 radical (unpaired) electrons. The lowest BCUT2D eigenvalue weighted by molar-refractivity contribution is -0.122. The molecule has 0 saturated carbocycles. The Bertz CT molecular complexity index is 972. The van der Waals surface area contributed by atoms with Gasteiger partial charge in [-0.25, -0.2) is 9.69 Å². The van der Waals surface area contributed by atoms with Crippen molar-refractivity contribution in [1.29, 1.82) is 0 Å². The number of pyridine rings is 1. The van der Waals surface area contributed by atoms with Gasteiger partial charge >= 0.3 is 6.03 Å². The summed E-state index contributed by atoms with van der Waals surface area (Å²) < 4.78 is 11.3. The Morgan fingerprint density at radius 2 is 1.90 bits per heavy atom. The second-order valence-corrected chi connectivity index (χ2v) is 6.38. The molecular weight excluding hydrogens is 374 g/mol. The lowest BCUT2D eigenvalue weighted by atomic mass is 10.1. The summed E-state index contributed by atoms with van der Waals surface area (Å²) in [6.45, 7) is 3.89. The van der Waals surface area contributed by atoms with Gasteiger partial charge in [-0.2, -0.15) is 0 Å². The first-order valence-corrected chi connectivity index (χ1v) is 9.11. The quantitative estimate of drug-likeness (QED) is 0.597. The largest absolute Gasteiger partial charge is 0.493 e. The van der Waals surface area contributed by atoms with E-state index in [9.17, 15) is 14.4 Å². The maximum absolute atomic E-state index is 13.0. The molecule has 0 unspecified atom stereocenters. The van der Waals surface area contributed by atoms with Crippen LogP contribution >= 0.6 is 0 Å². The van der Waals surface area contributed by atoms with Crippen molar-refractivity contribution in [2.45, 2.75) is 26.4 Å². The van der Waals surface area contributed by atoms with Crippen molar-refractivity contribution in [2.75, 3.05) is 12.0 Å². The molecule has 1 aromatic heterocycles. The van der Waals surface area contributed by atoms with Gasteiger partial charge in [0.05, 0.1) is 18.9 Å². The van der Waals surface area contributed by atoms with Crippen molar-refractivity contribution in [1.82, 2.24) is 10.3 Å². The Labute approximate surface area is 168 Å². The minimum absolute atomic E-state index is 0.103. The molecule has 1 aliphatic rings. The van der Waals surface area contributed by atoms with E-state index in [1.54, 1.807) is 18.2 Å². The smallest absolute Gasteiger partial charge is 0.335 e. The number of para-hydroxylation sites is 1. The molecule has 0 bridgehead atoms. The summed E-state index contributed by atoms with van der Waals surface area (Å²) in [6.07, 6.45) is 4.97. The van der Waals surface area contributed by atoms with Crippen LogP contribution in [0.25, 0.3) is 6.08 Å². The minimum atomic E-state index is -0.815. The Kier molecular flexibility index (Phi) is 5.92. The number of nitrogens with one attached hydrogen (secondary N) is 1. The normalized spacial score (nSPS) is 16.6. The number of urea groups is 1. The average Bonchev–Trinajstić information content (AvgIpc) is 2.72. The highest BCUT2D eigenvalue weighted by Gasteiger charge is 2.37. The molecule has 1 saturated heterocycles. The Morgan fingerprint density at radius 1 is 1.17 bits per heavy atom. The van der Waals surface area contributed by atoms with Crippen LogP contribution in [-0.4, -0.2) is 36.0 Å². The molecular formula is C21H21N3O5. The number of rotatable bonds is 6. The fraction of sp³-hybridized carbons (Fsp3) is 0.238.